The molecule has 4 rings (SSSR count). The second kappa shape index (κ2) is 13.6. The molecule has 1 aliphatic carbocycles. The molecule has 3 fully saturated rings. The van der Waals surface area contributed by atoms with Crippen LogP contribution in [0, 0.1) is 5.92 Å². The smallest absolute Gasteiger partial charge is 0.409 e. The largest absolute Gasteiger partial charge is 0.453 e. The quantitative estimate of drug-likeness (QED) is 0.308. The maximum atomic E-state index is 13.7. The van der Waals surface area contributed by atoms with Gasteiger partial charge in [0.25, 0.3) is 11.8 Å². The van der Waals surface area contributed by atoms with Crippen molar-refractivity contribution in [2.24, 2.45) is 5.92 Å². The molecule has 0 radical (unpaired) electrons. The fourth-order valence-corrected chi connectivity index (χ4v) is 7.87. The lowest BCUT2D eigenvalue weighted by molar-refractivity contribution is -0.137. The molecule has 38 heavy (non-hydrogen) atoms. The predicted octanol–water partition coefficient (Wildman–Crippen LogP) is 5.49. The van der Waals surface area contributed by atoms with E-state index in [9.17, 15) is 19.2 Å². The Balaban J connectivity index is 1.47. The molecule has 2 heterocycles. The van der Waals surface area contributed by atoms with Gasteiger partial charge in [-0.2, -0.15) is 0 Å². The Labute approximate surface area is 233 Å². The number of carbonyl (C=O) groups is 4. The van der Waals surface area contributed by atoms with Gasteiger partial charge in [0.2, 0.25) is 0 Å². The van der Waals surface area contributed by atoms with E-state index < -0.39 is 17.8 Å². The first-order chi connectivity index (χ1) is 18.4. The summed E-state index contributed by atoms with van der Waals surface area (Å²) >= 11 is 3.11. The molecule has 2 aliphatic heterocycles. The van der Waals surface area contributed by atoms with Gasteiger partial charge in [0.1, 0.15) is 5.57 Å². The number of urea groups is 1. The molecule has 0 spiro atoms. The standard InChI is InChI=1S/C28H37N3O5S2/c1-3-4-15-30-24(32)23(26-37-16-8-17-38-26)25(33)31(27(30)34)22-13-11-21(12-14-22)19-29(28(35)36-2)18-20-9-6-5-7-10-20/h5-7,9-10,21-22H,3-4,8,11-19H2,1-2H3. The summed E-state index contributed by atoms with van der Waals surface area (Å²) in [6.07, 6.45) is 5.10. The monoisotopic (exact) mass is 559 g/mol. The summed E-state index contributed by atoms with van der Waals surface area (Å²) in [6, 6.07) is 9.09. The first-order valence-corrected chi connectivity index (χ1v) is 15.5. The summed E-state index contributed by atoms with van der Waals surface area (Å²) in [7, 11) is 1.39. The number of amides is 5. The third-order valence-corrected chi connectivity index (χ3v) is 9.96. The summed E-state index contributed by atoms with van der Waals surface area (Å²) in [5, 5.41) is 0. The summed E-state index contributed by atoms with van der Waals surface area (Å²) in [5.41, 5.74) is 1.21. The average Bonchev–Trinajstić information content (AvgIpc) is 2.94. The van der Waals surface area contributed by atoms with Crippen molar-refractivity contribution in [2.75, 3.05) is 31.7 Å². The second-order valence-corrected chi connectivity index (χ2v) is 12.5. The highest BCUT2D eigenvalue weighted by Crippen LogP contribution is 2.40. The van der Waals surface area contributed by atoms with Gasteiger partial charge in [-0.3, -0.25) is 19.4 Å². The number of barbiturate groups is 1. The van der Waals surface area contributed by atoms with Crippen LogP contribution in [0.3, 0.4) is 0 Å². The van der Waals surface area contributed by atoms with Crippen LogP contribution in [0.4, 0.5) is 9.59 Å². The molecule has 0 N–H and O–H groups in total. The molecule has 8 nitrogen and oxygen atoms in total. The lowest BCUT2D eigenvalue weighted by Gasteiger charge is -2.42. The SMILES string of the molecule is CCCCN1C(=O)C(=C2SCCCS2)C(=O)N(C2CCC(CN(Cc3ccccc3)C(=O)OC)CC2)C1=O. The maximum Gasteiger partial charge on any atom is 0.409 e. The lowest BCUT2D eigenvalue weighted by Crippen LogP contribution is -2.60. The minimum Gasteiger partial charge on any atom is -0.453 e. The Kier molecular flexibility index (Phi) is 10.2. The molecule has 3 aliphatic rings. The fraction of sp³-hybridized carbons (Fsp3) is 0.571. The van der Waals surface area contributed by atoms with Crippen LogP contribution in [0.5, 0.6) is 0 Å². The van der Waals surface area contributed by atoms with Crippen molar-refractivity contribution in [3.63, 3.8) is 0 Å². The van der Waals surface area contributed by atoms with Crippen LogP contribution >= 0.6 is 23.5 Å². The number of thioether (sulfide) groups is 2. The highest BCUT2D eigenvalue weighted by molar-refractivity contribution is 8.22. The summed E-state index contributed by atoms with van der Waals surface area (Å²) in [6.45, 7) is 3.37. The van der Waals surface area contributed by atoms with Gasteiger partial charge < -0.3 is 9.64 Å². The van der Waals surface area contributed by atoms with E-state index in [4.69, 9.17) is 4.74 Å². The van der Waals surface area contributed by atoms with Crippen LogP contribution in [-0.4, -0.2) is 76.4 Å². The van der Waals surface area contributed by atoms with Crippen molar-refractivity contribution < 1.29 is 23.9 Å². The minimum absolute atomic E-state index is 0.178. The van der Waals surface area contributed by atoms with Gasteiger partial charge in [0.05, 0.1) is 11.3 Å². The van der Waals surface area contributed by atoms with Gasteiger partial charge in [-0.1, -0.05) is 43.7 Å². The van der Waals surface area contributed by atoms with E-state index >= 15 is 0 Å². The molecule has 1 saturated carbocycles. The second-order valence-electron chi connectivity index (χ2n) is 9.99. The molecule has 10 heteroatoms. The number of hydrogen-bond donors (Lipinski definition) is 0. The normalized spacial score (nSPS) is 22.6. The maximum absolute atomic E-state index is 13.7. The van der Waals surface area contributed by atoms with E-state index in [-0.39, 0.29) is 23.6 Å². The molecule has 0 atom stereocenters. The summed E-state index contributed by atoms with van der Waals surface area (Å²) < 4.78 is 5.79. The third kappa shape index (κ3) is 6.57. The molecular weight excluding hydrogens is 522 g/mol. The molecule has 206 valence electrons. The van der Waals surface area contributed by atoms with E-state index in [1.54, 1.807) is 28.4 Å². The van der Waals surface area contributed by atoms with Gasteiger partial charge >= 0.3 is 12.1 Å². The van der Waals surface area contributed by atoms with Crippen LogP contribution in [0.1, 0.15) is 57.4 Å². The van der Waals surface area contributed by atoms with E-state index in [0.29, 0.717) is 38.9 Å². The van der Waals surface area contributed by atoms with E-state index in [2.05, 4.69) is 0 Å². The number of methoxy groups -OCH3 is 1. The van der Waals surface area contributed by atoms with Gasteiger partial charge in [0, 0.05) is 25.7 Å². The number of nitrogens with zero attached hydrogens (tertiary/aromatic N) is 3. The molecule has 0 unspecified atom stereocenters. The third-order valence-electron chi connectivity index (χ3n) is 7.33. The topological polar surface area (TPSA) is 87.2 Å². The Bertz CT molecular complexity index is 1050. The molecule has 2 saturated heterocycles. The minimum atomic E-state index is -0.479. The Hall–Kier alpha value is -2.46. The van der Waals surface area contributed by atoms with Crippen LogP contribution < -0.4 is 0 Å². The number of carbonyl (C=O) groups excluding carboxylic acids is 4. The number of benzene rings is 1. The van der Waals surface area contributed by atoms with E-state index in [1.165, 1.54) is 16.9 Å². The summed E-state index contributed by atoms with van der Waals surface area (Å²) in [5.74, 6) is 1.11. The van der Waals surface area contributed by atoms with Crippen molar-refractivity contribution in [1.29, 1.82) is 0 Å². The molecule has 1 aromatic rings. The first-order valence-electron chi connectivity index (χ1n) is 13.5. The van der Waals surface area contributed by atoms with Crippen LogP contribution in [0.2, 0.25) is 0 Å². The first kappa shape index (κ1) is 28.5. The van der Waals surface area contributed by atoms with E-state index in [1.807, 2.05) is 37.3 Å². The summed E-state index contributed by atoms with van der Waals surface area (Å²) in [4.78, 5) is 57.3. The lowest BCUT2D eigenvalue weighted by atomic mass is 9.84. The molecular formula is C28H37N3O5S2. The number of imide groups is 2. The molecule has 1 aromatic carbocycles. The van der Waals surface area contributed by atoms with Crippen molar-refractivity contribution >= 4 is 47.5 Å². The van der Waals surface area contributed by atoms with Crippen LogP contribution in [-0.2, 0) is 20.9 Å². The fourth-order valence-electron chi connectivity index (χ4n) is 5.27. The van der Waals surface area contributed by atoms with Gasteiger partial charge in [-0.05, 0) is 61.5 Å². The molecule has 0 aromatic heterocycles. The zero-order valence-corrected chi connectivity index (χ0v) is 23.9. The van der Waals surface area contributed by atoms with E-state index in [0.717, 1.165) is 47.0 Å². The Morgan fingerprint density at radius 2 is 1.71 bits per heavy atom. The van der Waals surface area contributed by atoms with Crippen molar-refractivity contribution in [2.45, 2.75) is 64.5 Å². The molecule has 5 amide bonds. The predicted molar refractivity (Wildman–Crippen MR) is 150 cm³/mol. The van der Waals surface area contributed by atoms with Crippen LogP contribution in [0.25, 0.3) is 0 Å². The average molecular weight is 560 g/mol. The number of unbranched alkanes of at least 4 members (excludes halogenated alkanes) is 1. The van der Waals surface area contributed by atoms with Gasteiger partial charge in [0.15, 0.2) is 0 Å². The highest BCUT2D eigenvalue weighted by atomic mass is 32.2. The molecule has 0 bridgehead atoms. The van der Waals surface area contributed by atoms with Crippen molar-refractivity contribution in [3.05, 3.63) is 45.7 Å². The van der Waals surface area contributed by atoms with Crippen molar-refractivity contribution in [1.82, 2.24) is 14.7 Å². The number of ether oxygens (including phenoxy) is 1. The van der Waals surface area contributed by atoms with Crippen molar-refractivity contribution in [3.8, 4) is 0 Å². The zero-order chi connectivity index (χ0) is 27.1. The number of hydrogen-bond acceptors (Lipinski definition) is 7. The van der Waals surface area contributed by atoms with Crippen LogP contribution in [0.15, 0.2) is 40.1 Å². The van der Waals surface area contributed by atoms with Gasteiger partial charge in [-0.25, -0.2) is 9.59 Å². The number of rotatable bonds is 8. The Morgan fingerprint density at radius 1 is 1.03 bits per heavy atom. The van der Waals surface area contributed by atoms with Gasteiger partial charge in [-0.15, -0.1) is 23.5 Å². The zero-order valence-electron chi connectivity index (χ0n) is 22.2. The highest BCUT2D eigenvalue weighted by Gasteiger charge is 2.47. The Morgan fingerprint density at radius 3 is 2.34 bits per heavy atom.